The fourth-order valence-electron chi connectivity index (χ4n) is 5.21. The number of aromatic nitrogens is 3. The van der Waals surface area contributed by atoms with Gasteiger partial charge in [-0.2, -0.15) is 0 Å². The molecule has 0 amide bonds. The fraction of sp³-hybridized carbons (Fsp3) is 0.103. The van der Waals surface area contributed by atoms with Crippen LogP contribution in [0.25, 0.3) is 67.0 Å². The van der Waals surface area contributed by atoms with E-state index in [2.05, 4.69) is 54.1 Å². The molecule has 6 heteroatoms. The Bertz CT molecular complexity index is 2200. The molecule has 4 aromatic carbocycles. The number of oxazole rings is 1. The van der Waals surface area contributed by atoms with Gasteiger partial charge in [-0.3, -0.25) is 0 Å². The van der Waals surface area contributed by atoms with Crippen molar-refractivity contribution in [3.63, 3.8) is 0 Å². The van der Waals surface area contributed by atoms with Crippen LogP contribution in [-0.4, -0.2) is 15.0 Å². The average molecular weight is 764 g/mol. The molecule has 0 unspecified atom stereocenters. The number of aryl methyl sites for hydroxylation is 1. The molecule has 0 spiro atoms. The van der Waals surface area contributed by atoms with E-state index in [1.54, 1.807) is 0 Å². The molecule has 4 aromatic heterocycles. The van der Waals surface area contributed by atoms with Crippen LogP contribution in [-0.2, 0) is 20.1 Å². The molecule has 0 N–H and O–H groups in total. The second-order valence-corrected chi connectivity index (χ2v) is 11.0. The third-order valence-electron chi connectivity index (χ3n) is 7.58. The zero-order chi connectivity index (χ0) is 30.0. The summed E-state index contributed by atoms with van der Waals surface area (Å²) in [6.45, 7) is 6.39. The summed E-state index contributed by atoms with van der Waals surface area (Å²) in [5, 5.41) is 2.03. The van der Waals surface area contributed by atoms with Gasteiger partial charge in [-0.25, -0.2) is 4.98 Å². The molecule has 0 saturated heterocycles. The van der Waals surface area contributed by atoms with E-state index in [1.807, 2.05) is 104 Å². The monoisotopic (exact) mass is 764 g/mol. The van der Waals surface area contributed by atoms with Gasteiger partial charge in [0.2, 0.25) is 5.89 Å². The van der Waals surface area contributed by atoms with Gasteiger partial charge in [0.25, 0.3) is 0 Å². The summed E-state index contributed by atoms with van der Waals surface area (Å²) in [6.07, 6.45) is 3.72. The standard InChI is InChI=1S/C27H19N2O2.C12H10N.Ir/c1-16(2)18-13-14-28-22(15-18)21-10-6-9-19-20-11-12-23-24(26(20)31-25(19)21)29-27(30-23)17-7-4-3-5-8-17;1-10-7-8-12(13-9-10)11-5-3-2-4-6-11;/h3-9,11-16H,1-2H3;2-5,7-9H,1H3;/q2*-1;. The van der Waals surface area contributed by atoms with Gasteiger partial charge >= 0.3 is 0 Å². The van der Waals surface area contributed by atoms with Crippen molar-refractivity contribution in [3.05, 3.63) is 139 Å². The van der Waals surface area contributed by atoms with Crippen molar-refractivity contribution in [2.45, 2.75) is 26.7 Å². The van der Waals surface area contributed by atoms with E-state index >= 15 is 0 Å². The zero-order valence-corrected chi connectivity index (χ0v) is 27.4. The number of fused-ring (bicyclic) bond motifs is 5. The number of rotatable bonds is 4. The Hall–Kier alpha value is -4.90. The van der Waals surface area contributed by atoms with Crippen LogP contribution in [0, 0.1) is 19.1 Å². The summed E-state index contributed by atoms with van der Waals surface area (Å²) in [7, 11) is 0. The molecule has 223 valence electrons. The molecule has 8 rings (SSSR count). The second kappa shape index (κ2) is 13.0. The smallest absolute Gasteiger partial charge is 0.227 e. The summed E-state index contributed by atoms with van der Waals surface area (Å²) in [6, 6.07) is 40.4. The van der Waals surface area contributed by atoms with Crippen LogP contribution < -0.4 is 0 Å². The zero-order valence-electron chi connectivity index (χ0n) is 25.0. The van der Waals surface area contributed by atoms with Gasteiger partial charge in [-0.15, -0.1) is 54.1 Å². The van der Waals surface area contributed by atoms with E-state index in [-0.39, 0.29) is 20.1 Å². The molecule has 0 saturated carbocycles. The predicted molar refractivity (Wildman–Crippen MR) is 176 cm³/mol. The Balaban J connectivity index is 0.000000215. The summed E-state index contributed by atoms with van der Waals surface area (Å²) in [5.41, 5.74) is 10.0. The van der Waals surface area contributed by atoms with E-state index < -0.39 is 0 Å². The van der Waals surface area contributed by atoms with Crippen LogP contribution in [0.3, 0.4) is 0 Å². The topological polar surface area (TPSA) is 65.0 Å². The van der Waals surface area contributed by atoms with E-state index in [1.165, 1.54) is 11.1 Å². The molecular weight excluding hydrogens is 735 g/mol. The van der Waals surface area contributed by atoms with Gasteiger partial charge in [0.15, 0.2) is 16.7 Å². The molecule has 45 heavy (non-hydrogen) atoms. The molecule has 0 aliphatic carbocycles. The minimum Gasteiger partial charge on any atom is -0.498 e. The van der Waals surface area contributed by atoms with Crippen molar-refractivity contribution in [1.82, 2.24) is 15.0 Å². The number of hydrogen-bond acceptors (Lipinski definition) is 5. The quantitative estimate of drug-likeness (QED) is 0.167. The number of pyridine rings is 2. The first-order valence-electron chi connectivity index (χ1n) is 14.6. The maximum absolute atomic E-state index is 6.41. The third-order valence-corrected chi connectivity index (χ3v) is 7.58. The molecule has 1 radical (unpaired) electrons. The number of nitrogens with zero attached hydrogens (tertiary/aromatic N) is 3. The van der Waals surface area contributed by atoms with Crippen molar-refractivity contribution >= 4 is 33.0 Å². The van der Waals surface area contributed by atoms with Crippen LogP contribution in [0.1, 0.15) is 30.9 Å². The van der Waals surface area contributed by atoms with Crippen LogP contribution in [0.15, 0.2) is 124 Å². The number of benzene rings is 4. The molecule has 5 nitrogen and oxygen atoms in total. The first-order valence-corrected chi connectivity index (χ1v) is 14.6. The van der Waals surface area contributed by atoms with Gasteiger partial charge < -0.3 is 18.8 Å². The first-order chi connectivity index (χ1) is 21.5. The number of furan rings is 1. The molecule has 8 aromatic rings. The third kappa shape index (κ3) is 6.08. The van der Waals surface area contributed by atoms with E-state index in [9.17, 15) is 0 Å². The second-order valence-electron chi connectivity index (χ2n) is 11.0. The van der Waals surface area contributed by atoms with Crippen molar-refractivity contribution < 1.29 is 28.9 Å². The van der Waals surface area contributed by atoms with Crippen molar-refractivity contribution in [3.8, 4) is 34.0 Å². The summed E-state index contributed by atoms with van der Waals surface area (Å²) in [5.74, 6) is 1.00. The van der Waals surface area contributed by atoms with E-state index in [0.29, 0.717) is 17.4 Å². The largest absolute Gasteiger partial charge is 0.498 e. The SMILES string of the molecule is CC(C)c1ccnc(-c2[c-]ccc3c2oc2c3ccc3oc(-c4ccccc4)nc32)c1.Cc1ccc(-c2[c-]cccc2)nc1.[Ir]. The molecule has 0 atom stereocenters. The van der Waals surface area contributed by atoms with Crippen LogP contribution in [0.4, 0.5) is 0 Å². The van der Waals surface area contributed by atoms with Crippen LogP contribution in [0.2, 0.25) is 0 Å². The molecule has 0 aliphatic rings. The first kappa shape index (κ1) is 30.1. The maximum atomic E-state index is 6.41. The summed E-state index contributed by atoms with van der Waals surface area (Å²) in [4.78, 5) is 13.7. The van der Waals surface area contributed by atoms with Crippen molar-refractivity contribution in [2.24, 2.45) is 0 Å². The fourth-order valence-corrected chi connectivity index (χ4v) is 5.21. The van der Waals surface area contributed by atoms with Gasteiger partial charge in [-0.05, 0) is 60.1 Å². The molecule has 0 bridgehead atoms. The maximum Gasteiger partial charge on any atom is 0.227 e. The number of hydrogen-bond donors (Lipinski definition) is 0. The molecular formula is C39H29IrN3O2-2. The van der Waals surface area contributed by atoms with E-state index in [0.717, 1.165) is 55.5 Å². The molecule has 0 aliphatic heterocycles. The normalized spacial score (nSPS) is 11.0. The Morgan fingerprint density at radius 1 is 0.711 bits per heavy atom. The Labute approximate surface area is 275 Å². The summed E-state index contributed by atoms with van der Waals surface area (Å²) >= 11 is 0. The average Bonchev–Trinajstić information content (AvgIpc) is 3.68. The van der Waals surface area contributed by atoms with Gasteiger partial charge in [0.05, 0.1) is 5.58 Å². The minimum atomic E-state index is 0. The van der Waals surface area contributed by atoms with Gasteiger partial charge in [0, 0.05) is 43.4 Å². The van der Waals surface area contributed by atoms with Gasteiger partial charge in [0.1, 0.15) is 0 Å². The van der Waals surface area contributed by atoms with Crippen molar-refractivity contribution in [1.29, 1.82) is 0 Å². The Morgan fingerprint density at radius 3 is 2.29 bits per heavy atom. The van der Waals surface area contributed by atoms with Crippen LogP contribution >= 0.6 is 0 Å². The van der Waals surface area contributed by atoms with E-state index in [4.69, 9.17) is 13.8 Å². The van der Waals surface area contributed by atoms with Crippen LogP contribution in [0.5, 0.6) is 0 Å². The predicted octanol–water partition coefficient (Wildman–Crippen LogP) is 10.2. The summed E-state index contributed by atoms with van der Waals surface area (Å²) < 4.78 is 12.4. The Morgan fingerprint density at radius 2 is 1.53 bits per heavy atom. The Kier molecular flexibility index (Phi) is 8.70. The van der Waals surface area contributed by atoms with Gasteiger partial charge in [-0.1, -0.05) is 66.8 Å². The van der Waals surface area contributed by atoms with Crippen molar-refractivity contribution in [2.75, 3.05) is 0 Å². The molecule has 4 heterocycles. The molecule has 0 fully saturated rings. The minimum absolute atomic E-state index is 0.